The lowest BCUT2D eigenvalue weighted by molar-refractivity contribution is -0.384. The highest BCUT2D eigenvalue weighted by molar-refractivity contribution is 5.33. The molecule has 0 bridgehead atoms. The molecular formula is C13H13N7O3. The lowest BCUT2D eigenvalue weighted by Gasteiger charge is -2.02. The number of hydrogen-bond donors (Lipinski definition) is 0. The minimum Gasteiger partial charge on any atom is -0.339 e. The summed E-state index contributed by atoms with van der Waals surface area (Å²) in [6.45, 7) is 2.23. The number of rotatable bonds is 6. The number of benzene rings is 1. The Hall–Kier alpha value is -3.17. The van der Waals surface area contributed by atoms with Crippen molar-refractivity contribution in [3.63, 3.8) is 0 Å². The minimum atomic E-state index is -0.435. The van der Waals surface area contributed by atoms with Gasteiger partial charge in [0.2, 0.25) is 5.89 Å². The summed E-state index contributed by atoms with van der Waals surface area (Å²) < 4.78 is 6.62. The number of aromatic nitrogens is 6. The maximum atomic E-state index is 10.7. The highest BCUT2D eigenvalue weighted by Crippen LogP contribution is 2.14. The molecule has 2 aromatic heterocycles. The summed E-state index contributed by atoms with van der Waals surface area (Å²) >= 11 is 0. The van der Waals surface area contributed by atoms with Gasteiger partial charge in [0.05, 0.1) is 4.92 Å². The maximum Gasteiger partial charge on any atom is 0.269 e. The number of non-ortho nitro benzene ring substituents is 1. The monoisotopic (exact) mass is 315 g/mol. The molecule has 0 aliphatic carbocycles. The summed E-state index contributed by atoms with van der Waals surface area (Å²) in [6, 6.07) is 6.27. The zero-order chi connectivity index (χ0) is 16.2. The largest absolute Gasteiger partial charge is 0.339 e. The molecule has 10 nitrogen and oxygen atoms in total. The van der Waals surface area contributed by atoms with E-state index in [0.29, 0.717) is 36.9 Å². The van der Waals surface area contributed by atoms with Crippen molar-refractivity contribution in [1.82, 2.24) is 30.3 Å². The predicted molar refractivity (Wildman–Crippen MR) is 76.5 cm³/mol. The SMILES string of the molecule is CCc1nc(Cn2nnnc2Cc2ccc([N+](=O)[O-])cc2)no1. The molecule has 1 aromatic carbocycles. The van der Waals surface area contributed by atoms with Crippen LogP contribution in [0.5, 0.6) is 0 Å². The molecule has 3 aromatic rings. The number of nitrogens with zero attached hydrogens (tertiary/aromatic N) is 7. The van der Waals surface area contributed by atoms with Crippen molar-refractivity contribution in [3.05, 3.63) is 57.5 Å². The Labute approximate surface area is 130 Å². The van der Waals surface area contributed by atoms with Crippen LogP contribution < -0.4 is 0 Å². The molecule has 0 saturated carbocycles. The second kappa shape index (κ2) is 6.30. The smallest absolute Gasteiger partial charge is 0.269 e. The van der Waals surface area contributed by atoms with E-state index >= 15 is 0 Å². The number of aryl methyl sites for hydroxylation is 1. The van der Waals surface area contributed by atoms with Crippen LogP contribution in [0.2, 0.25) is 0 Å². The maximum absolute atomic E-state index is 10.7. The molecule has 0 spiro atoms. The second-order valence-corrected chi connectivity index (χ2v) is 4.81. The Morgan fingerprint density at radius 2 is 2.09 bits per heavy atom. The van der Waals surface area contributed by atoms with Crippen molar-refractivity contribution >= 4 is 5.69 Å². The molecule has 0 N–H and O–H groups in total. The highest BCUT2D eigenvalue weighted by Gasteiger charge is 2.12. The quantitative estimate of drug-likeness (QED) is 0.490. The Bertz CT molecular complexity index is 809. The van der Waals surface area contributed by atoms with Crippen LogP contribution in [0.1, 0.15) is 30.0 Å². The molecule has 0 aliphatic heterocycles. The molecular weight excluding hydrogens is 302 g/mol. The summed E-state index contributed by atoms with van der Waals surface area (Å²) in [4.78, 5) is 14.4. The Morgan fingerprint density at radius 3 is 2.74 bits per heavy atom. The first kappa shape index (κ1) is 14.8. The molecule has 0 aliphatic rings. The van der Waals surface area contributed by atoms with Crippen molar-refractivity contribution in [2.24, 2.45) is 0 Å². The predicted octanol–water partition coefficient (Wildman–Crippen LogP) is 1.17. The Balaban J connectivity index is 1.74. The van der Waals surface area contributed by atoms with Crippen molar-refractivity contribution in [2.45, 2.75) is 26.3 Å². The summed E-state index contributed by atoms with van der Waals surface area (Å²) in [5, 5.41) is 26.1. The van der Waals surface area contributed by atoms with Gasteiger partial charge in [-0.1, -0.05) is 24.2 Å². The van der Waals surface area contributed by atoms with E-state index in [2.05, 4.69) is 25.7 Å². The fourth-order valence-electron chi connectivity index (χ4n) is 2.02. The number of hydrogen-bond acceptors (Lipinski definition) is 8. The van der Waals surface area contributed by atoms with Gasteiger partial charge in [0.1, 0.15) is 6.54 Å². The third kappa shape index (κ3) is 3.36. The van der Waals surface area contributed by atoms with Crippen molar-refractivity contribution in [2.75, 3.05) is 0 Å². The van der Waals surface area contributed by atoms with Gasteiger partial charge < -0.3 is 4.52 Å². The Morgan fingerprint density at radius 1 is 1.30 bits per heavy atom. The van der Waals surface area contributed by atoms with E-state index in [4.69, 9.17) is 4.52 Å². The van der Waals surface area contributed by atoms with Gasteiger partial charge in [-0.25, -0.2) is 4.68 Å². The van der Waals surface area contributed by atoms with Gasteiger partial charge >= 0.3 is 0 Å². The van der Waals surface area contributed by atoms with Gasteiger partial charge in [0, 0.05) is 25.0 Å². The second-order valence-electron chi connectivity index (χ2n) is 4.81. The van der Waals surface area contributed by atoms with E-state index in [-0.39, 0.29) is 5.69 Å². The van der Waals surface area contributed by atoms with Crippen molar-refractivity contribution < 1.29 is 9.45 Å². The minimum absolute atomic E-state index is 0.0484. The van der Waals surface area contributed by atoms with Crippen LogP contribution in [0.3, 0.4) is 0 Å². The van der Waals surface area contributed by atoms with E-state index in [1.54, 1.807) is 16.8 Å². The first-order valence-electron chi connectivity index (χ1n) is 6.95. The number of nitro groups is 1. The van der Waals surface area contributed by atoms with Crippen LogP contribution in [0.4, 0.5) is 5.69 Å². The number of tetrazole rings is 1. The zero-order valence-electron chi connectivity index (χ0n) is 12.3. The lowest BCUT2D eigenvalue weighted by Crippen LogP contribution is -2.09. The van der Waals surface area contributed by atoms with E-state index < -0.39 is 4.92 Å². The van der Waals surface area contributed by atoms with Crippen LogP contribution in [-0.4, -0.2) is 35.3 Å². The summed E-state index contributed by atoms with van der Waals surface area (Å²) in [5.41, 5.74) is 0.918. The van der Waals surface area contributed by atoms with Gasteiger partial charge in [0.25, 0.3) is 5.69 Å². The fraction of sp³-hybridized carbons (Fsp3) is 0.308. The topological polar surface area (TPSA) is 126 Å². The van der Waals surface area contributed by atoms with Gasteiger partial charge in [-0.3, -0.25) is 10.1 Å². The standard InChI is InChI=1S/C13H13N7O3/c1-2-13-14-11(16-23-13)8-19-12(15-17-18-19)7-9-3-5-10(6-4-9)20(21)22/h3-6H,2,7-8H2,1H3. The van der Waals surface area contributed by atoms with E-state index in [1.165, 1.54) is 12.1 Å². The molecule has 0 unspecified atom stereocenters. The van der Waals surface area contributed by atoms with Gasteiger partial charge in [-0.05, 0) is 16.0 Å². The highest BCUT2D eigenvalue weighted by atomic mass is 16.6. The fourth-order valence-corrected chi connectivity index (χ4v) is 2.02. The Kier molecular flexibility index (Phi) is 4.04. The van der Waals surface area contributed by atoms with Crippen LogP contribution in [0, 0.1) is 10.1 Å². The van der Waals surface area contributed by atoms with E-state index in [1.807, 2.05) is 6.92 Å². The third-order valence-electron chi connectivity index (χ3n) is 3.22. The molecule has 0 radical (unpaired) electrons. The zero-order valence-corrected chi connectivity index (χ0v) is 12.3. The molecule has 2 heterocycles. The summed E-state index contributed by atoms with van der Waals surface area (Å²) in [6.07, 6.45) is 1.11. The molecule has 23 heavy (non-hydrogen) atoms. The van der Waals surface area contributed by atoms with Crippen LogP contribution in [-0.2, 0) is 19.4 Å². The summed E-state index contributed by atoms with van der Waals surface area (Å²) in [5.74, 6) is 1.67. The average Bonchev–Trinajstić information content (AvgIpc) is 3.18. The van der Waals surface area contributed by atoms with Crippen molar-refractivity contribution in [3.8, 4) is 0 Å². The first-order valence-corrected chi connectivity index (χ1v) is 6.95. The van der Waals surface area contributed by atoms with Crippen LogP contribution >= 0.6 is 0 Å². The molecule has 0 fully saturated rings. The van der Waals surface area contributed by atoms with E-state index in [9.17, 15) is 10.1 Å². The van der Waals surface area contributed by atoms with Gasteiger partial charge in [0.15, 0.2) is 11.6 Å². The van der Waals surface area contributed by atoms with E-state index in [0.717, 1.165) is 5.56 Å². The van der Waals surface area contributed by atoms with Crippen LogP contribution in [0.25, 0.3) is 0 Å². The van der Waals surface area contributed by atoms with Crippen LogP contribution in [0.15, 0.2) is 28.8 Å². The molecule has 10 heteroatoms. The normalized spacial score (nSPS) is 10.8. The molecule has 0 atom stereocenters. The summed E-state index contributed by atoms with van der Waals surface area (Å²) in [7, 11) is 0. The molecule has 0 saturated heterocycles. The molecule has 3 rings (SSSR count). The lowest BCUT2D eigenvalue weighted by atomic mass is 10.1. The van der Waals surface area contributed by atoms with Gasteiger partial charge in [-0.15, -0.1) is 5.10 Å². The third-order valence-corrected chi connectivity index (χ3v) is 3.22. The number of nitro benzene ring substituents is 1. The first-order chi connectivity index (χ1) is 11.2. The molecule has 0 amide bonds. The average molecular weight is 315 g/mol. The molecule has 118 valence electrons. The van der Waals surface area contributed by atoms with Crippen molar-refractivity contribution in [1.29, 1.82) is 0 Å². The van der Waals surface area contributed by atoms with Gasteiger partial charge in [-0.2, -0.15) is 4.98 Å².